The van der Waals surface area contributed by atoms with Gasteiger partial charge < -0.3 is 5.73 Å². The van der Waals surface area contributed by atoms with Gasteiger partial charge in [0.1, 0.15) is 5.82 Å². The summed E-state index contributed by atoms with van der Waals surface area (Å²) in [6, 6.07) is 6.68. The maximum atomic E-state index is 13.4. The van der Waals surface area contributed by atoms with Crippen molar-refractivity contribution in [3.05, 3.63) is 55.9 Å². The second kappa shape index (κ2) is 4.65. The number of nitrogens with two attached hydrogens (primary N) is 1. The minimum absolute atomic E-state index is 0.278. The van der Waals surface area contributed by atoms with Gasteiger partial charge in [-0.15, -0.1) is 11.3 Å². The smallest absolute Gasteiger partial charge is 0.137 e. The normalized spacial score (nSPS) is 12.8. The van der Waals surface area contributed by atoms with Crippen LogP contribution in [0.4, 0.5) is 4.39 Å². The molecule has 0 amide bonds. The summed E-state index contributed by atoms with van der Waals surface area (Å²) in [5.74, 6) is -0.278. The third-order valence-corrected chi connectivity index (χ3v) is 4.14. The molecular formula is C12H11BrFNS. The van der Waals surface area contributed by atoms with Crippen LogP contribution in [0.25, 0.3) is 0 Å². The van der Waals surface area contributed by atoms with Crippen LogP contribution in [0.3, 0.4) is 0 Å². The Morgan fingerprint density at radius 3 is 2.81 bits per heavy atom. The summed E-state index contributed by atoms with van der Waals surface area (Å²) in [7, 11) is 0. The first kappa shape index (κ1) is 11.8. The quantitative estimate of drug-likeness (QED) is 0.891. The molecule has 0 bridgehead atoms. The molecule has 1 nitrogen and oxygen atoms in total. The number of hydrogen-bond acceptors (Lipinski definition) is 2. The molecule has 0 aliphatic heterocycles. The van der Waals surface area contributed by atoms with Crippen molar-refractivity contribution in [3.63, 3.8) is 0 Å². The SMILES string of the molecule is Cc1cc(C(N)c2cccc(F)c2Br)cs1. The third-order valence-electron chi connectivity index (χ3n) is 2.43. The van der Waals surface area contributed by atoms with Crippen molar-refractivity contribution in [1.29, 1.82) is 0 Å². The van der Waals surface area contributed by atoms with Crippen molar-refractivity contribution >= 4 is 27.3 Å². The molecule has 16 heavy (non-hydrogen) atoms. The second-order valence-electron chi connectivity index (χ2n) is 3.61. The molecule has 0 aliphatic carbocycles. The predicted octanol–water partition coefficient (Wildman–Crippen LogP) is 4.01. The molecule has 1 aromatic heterocycles. The molecule has 4 heteroatoms. The van der Waals surface area contributed by atoms with E-state index in [-0.39, 0.29) is 11.9 Å². The zero-order valence-corrected chi connectivity index (χ0v) is 11.1. The van der Waals surface area contributed by atoms with Gasteiger partial charge in [-0.25, -0.2) is 4.39 Å². The molecule has 84 valence electrons. The van der Waals surface area contributed by atoms with Crippen molar-refractivity contribution in [2.24, 2.45) is 5.73 Å². The van der Waals surface area contributed by atoms with E-state index in [1.54, 1.807) is 17.4 Å². The van der Waals surface area contributed by atoms with Gasteiger partial charge in [0.2, 0.25) is 0 Å². The Bertz CT molecular complexity index is 509. The van der Waals surface area contributed by atoms with Gasteiger partial charge in [-0.2, -0.15) is 0 Å². The van der Waals surface area contributed by atoms with Gasteiger partial charge >= 0.3 is 0 Å². The molecule has 2 rings (SSSR count). The third kappa shape index (κ3) is 2.19. The fraction of sp³-hybridized carbons (Fsp3) is 0.167. The minimum Gasteiger partial charge on any atom is -0.320 e. The first-order valence-corrected chi connectivity index (χ1v) is 6.51. The van der Waals surface area contributed by atoms with Gasteiger partial charge in [0.25, 0.3) is 0 Å². The lowest BCUT2D eigenvalue weighted by Gasteiger charge is -2.12. The van der Waals surface area contributed by atoms with E-state index in [1.807, 2.05) is 24.4 Å². The molecule has 0 aliphatic rings. The first-order chi connectivity index (χ1) is 7.59. The number of rotatable bonds is 2. The lowest BCUT2D eigenvalue weighted by atomic mass is 10.0. The number of aryl methyl sites for hydroxylation is 1. The van der Waals surface area contributed by atoms with Crippen LogP contribution >= 0.6 is 27.3 Å². The predicted molar refractivity (Wildman–Crippen MR) is 69.2 cm³/mol. The zero-order valence-electron chi connectivity index (χ0n) is 8.71. The lowest BCUT2D eigenvalue weighted by Crippen LogP contribution is -2.12. The molecule has 0 spiro atoms. The molecule has 0 radical (unpaired) electrons. The van der Waals surface area contributed by atoms with E-state index >= 15 is 0 Å². The number of halogens is 2. The van der Waals surface area contributed by atoms with E-state index in [2.05, 4.69) is 15.9 Å². The van der Waals surface area contributed by atoms with Crippen molar-refractivity contribution < 1.29 is 4.39 Å². The average Bonchev–Trinajstić information content (AvgIpc) is 2.68. The highest BCUT2D eigenvalue weighted by Gasteiger charge is 2.15. The molecule has 1 heterocycles. The van der Waals surface area contributed by atoms with Crippen LogP contribution in [0.1, 0.15) is 22.0 Å². The van der Waals surface area contributed by atoms with Crippen LogP contribution in [0, 0.1) is 12.7 Å². The molecule has 0 saturated heterocycles. The fourth-order valence-corrected chi connectivity index (χ4v) is 2.82. The maximum absolute atomic E-state index is 13.4. The van der Waals surface area contributed by atoms with Crippen molar-refractivity contribution in [3.8, 4) is 0 Å². The van der Waals surface area contributed by atoms with Crippen LogP contribution < -0.4 is 5.73 Å². The fourth-order valence-electron chi connectivity index (χ4n) is 1.57. The number of benzene rings is 1. The van der Waals surface area contributed by atoms with Gasteiger partial charge in [0.15, 0.2) is 0 Å². The van der Waals surface area contributed by atoms with E-state index in [4.69, 9.17) is 5.73 Å². The Morgan fingerprint density at radius 1 is 1.44 bits per heavy atom. The Labute approximate surface area is 106 Å². The number of thiophene rings is 1. The van der Waals surface area contributed by atoms with E-state index in [1.165, 1.54) is 10.9 Å². The monoisotopic (exact) mass is 299 g/mol. The van der Waals surface area contributed by atoms with Gasteiger partial charge in [-0.05, 0) is 51.5 Å². The zero-order chi connectivity index (χ0) is 11.7. The Kier molecular flexibility index (Phi) is 3.42. The van der Waals surface area contributed by atoms with E-state index in [0.29, 0.717) is 4.47 Å². The average molecular weight is 300 g/mol. The maximum Gasteiger partial charge on any atom is 0.137 e. The summed E-state index contributed by atoms with van der Waals surface area (Å²) in [6.45, 7) is 2.03. The molecule has 0 fully saturated rings. The van der Waals surface area contributed by atoms with E-state index in [9.17, 15) is 4.39 Å². The summed E-state index contributed by atoms with van der Waals surface area (Å²) in [5.41, 5.74) is 7.91. The summed E-state index contributed by atoms with van der Waals surface area (Å²) in [4.78, 5) is 1.21. The molecule has 1 unspecified atom stereocenters. The number of hydrogen-bond donors (Lipinski definition) is 1. The van der Waals surface area contributed by atoms with Crippen molar-refractivity contribution in [1.82, 2.24) is 0 Å². The standard InChI is InChI=1S/C12H11BrFNS/c1-7-5-8(6-16-7)12(15)9-3-2-4-10(14)11(9)13/h2-6,12H,15H2,1H3. The summed E-state index contributed by atoms with van der Waals surface area (Å²) < 4.78 is 13.8. The van der Waals surface area contributed by atoms with Crippen molar-refractivity contribution in [2.75, 3.05) is 0 Å². The Hall–Kier alpha value is -0.710. The van der Waals surface area contributed by atoms with Gasteiger partial charge in [0, 0.05) is 4.88 Å². The lowest BCUT2D eigenvalue weighted by molar-refractivity contribution is 0.616. The van der Waals surface area contributed by atoms with Gasteiger partial charge in [-0.1, -0.05) is 12.1 Å². The van der Waals surface area contributed by atoms with E-state index < -0.39 is 0 Å². The highest BCUT2D eigenvalue weighted by Crippen LogP contribution is 2.30. The Morgan fingerprint density at radius 2 is 2.19 bits per heavy atom. The summed E-state index contributed by atoms with van der Waals surface area (Å²) in [6.07, 6.45) is 0. The minimum atomic E-state index is -0.282. The highest BCUT2D eigenvalue weighted by molar-refractivity contribution is 9.10. The van der Waals surface area contributed by atoms with Crippen LogP contribution in [-0.4, -0.2) is 0 Å². The van der Waals surface area contributed by atoms with E-state index in [0.717, 1.165) is 11.1 Å². The van der Waals surface area contributed by atoms with Crippen molar-refractivity contribution in [2.45, 2.75) is 13.0 Å². The Balaban J connectivity index is 2.41. The van der Waals surface area contributed by atoms with Crippen LogP contribution in [0.2, 0.25) is 0 Å². The highest BCUT2D eigenvalue weighted by atomic mass is 79.9. The second-order valence-corrected chi connectivity index (χ2v) is 5.52. The molecule has 1 atom stereocenters. The summed E-state index contributed by atoms with van der Waals surface area (Å²) in [5, 5.41) is 2.01. The molecule has 0 saturated carbocycles. The molecule has 2 aromatic rings. The molecule has 1 aromatic carbocycles. The van der Waals surface area contributed by atoms with Crippen LogP contribution in [0.5, 0.6) is 0 Å². The topological polar surface area (TPSA) is 26.0 Å². The summed E-state index contributed by atoms with van der Waals surface area (Å²) >= 11 is 4.88. The van der Waals surface area contributed by atoms with Gasteiger partial charge in [0.05, 0.1) is 10.5 Å². The van der Waals surface area contributed by atoms with Gasteiger partial charge in [-0.3, -0.25) is 0 Å². The van der Waals surface area contributed by atoms with Crippen LogP contribution in [0.15, 0.2) is 34.1 Å². The largest absolute Gasteiger partial charge is 0.320 e. The first-order valence-electron chi connectivity index (χ1n) is 4.84. The molecule has 2 N–H and O–H groups in total. The van der Waals surface area contributed by atoms with Crippen LogP contribution in [-0.2, 0) is 0 Å². The molecular weight excluding hydrogens is 289 g/mol.